The molecule has 3 N–H and O–H groups in total. The lowest BCUT2D eigenvalue weighted by atomic mass is 10.2. The van der Waals surface area contributed by atoms with E-state index in [1.54, 1.807) is 6.07 Å². The Morgan fingerprint density at radius 3 is 2.16 bits per heavy atom. The predicted octanol–water partition coefficient (Wildman–Crippen LogP) is 4.00. The fourth-order valence-electron chi connectivity index (χ4n) is 1.51. The van der Waals surface area contributed by atoms with E-state index in [0.29, 0.717) is 5.56 Å². The number of anilines is 2. The number of halogens is 3. The largest absolute Gasteiger partial charge is 0.389 e. The summed E-state index contributed by atoms with van der Waals surface area (Å²) in [4.78, 5) is 0.100. The third-order valence-corrected chi connectivity index (χ3v) is 2.92. The van der Waals surface area contributed by atoms with E-state index in [9.17, 15) is 8.78 Å². The van der Waals surface area contributed by atoms with Crippen LogP contribution in [0.5, 0.6) is 0 Å². The molecule has 0 atom stereocenters. The highest BCUT2D eigenvalue weighted by Gasteiger charge is 2.08. The van der Waals surface area contributed by atoms with E-state index in [-0.39, 0.29) is 21.4 Å². The molecule has 2 aromatic rings. The van der Waals surface area contributed by atoms with Crippen LogP contribution >= 0.6 is 23.8 Å². The van der Waals surface area contributed by atoms with E-state index < -0.39 is 11.6 Å². The fourth-order valence-corrected chi connectivity index (χ4v) is 1.79. The van der Waals surface area contributed by atoms with Crippen LogP contribution < -0.4 is 11.1 Å². The second kappa shape index (κ2) is 5.50. The van der Waals surface area contributed by atoms with Crippen molar-refractivity contribution in [3.05, 3.63) is 58.6 Å². The van der Waals surface area contributed by atoms with Crippen molar-refractivity contribution in [3.63, 3.8) is 0 Å². The highest BCUT2D eigenvalue weighted by Crippen LogP contribution is 2.25. The van der Waals surface area contributed by atoms with Gasteiger partial charge in [0, 0.05) is 10.6 Å². The molecule has 0 unspecified atom stereocenters. The molecule has 0 bridgehead atoms. The number of nitrogens with two attached hydrogens (primary N) is 1. The van der Waals surface area contributed by atoms with E-state index in [2.05, 4.69) is 5.32 Å². The standard InChI is InChI=1S/C13H9ClF2N2S/c14-8-2-4-12(10(16)6-8)18-11-3-1-7(13(17)19)5-9(11)15/h1-6,18H,(H2,17,19). The molecule has 6 heteroatoms. The summed E-state index contributed by atoms with van der Waals surface area (Å²) in [6.07, 6.45) is 0. The number of benzene rings is 2. The van der Waals surface area contributed by atoms with Gasteiger partial charge >= 0.3 is 0 Å². The molecule has 0 saturated carbocycles. The van der Waals surface area contributed by atoms with E-state index in [4.69, 9.17) is 29.6 Å². The first-order valence-electron chi connectivity index (χ1n) is 5.29. The molecule has 2 rings (SSSR count). The van der Waals surface area contributed by atoms with Gasteiger partial charge in [-0.05, 0) is 36.4 Å². The molecule has 0 fully saturated rings. The van der Waals surface area contributed by atoms with Gasteiger partial charge in [0.05, 0.1) is 11.4 Å². The van der Waals surface area contributed by atoms with Gasteiger partial charge in [-0.1, -0.05) is 23.8 Å². The van der Waals surface area contributed by atoms with Crippen molar-refractivity contribution in [2.24, 2.45) is 5.73 Å². The Labute approximate surface area is 119 Å². The van der Waals surface area contributed by atoms with Crippen molar-refractivity contribution in [1.29, 1.82) is 0 Å². The van der Waals surface area contributed by atoms with Gasteiger partial charge in [-0.3, -0.25) is 0 Å². The van der Waals surface area contributed by atoms with Gasteiger partial charge in [-0.25, -0.2) is 8.78 Å². The van der Waals surface area contributed by atoms with Gasteiger partial charge in [0.25, 0.3) is 0 Å². The van der Waals surface area contributed by atoms with Crippen LogP contribution in [0.25, 0.3) is 0 Å². The van der Waals surface area contributed by atoms with Crippen LogP contribution in [-0.2, 0) is 0 Å². The zero-order chi connectivity index (χ0) is 14.0. The zero-order valence-corrected chi connectivity index (χ0v) is 11.2. The van der Waals surface area contributed by atoms with Crippen LogP contribution in [0, 0.1) is 11.6 Å². The topological polar surface area (TPSA) is 38.0 Å². The smallest absolute Gasteiger partial charge is 0.148 e. The lowest BCUT2D eigenvalue weighted by Crippen LogP contribution is -2.10. The lowest BCUT2D eigenvalue weighted by Gasteiger charge is -2.10. The van der Waals surface area contributed by atoms with E-state index in [0.717, 1.165) is 6.07 Å². The molecule has 0 amide bonds. The average Bonchev–Trinajstić information content (AvgIpc) is 2.34. The second-order valence-corrected chi connectivity index (χ2v) is 4.68. The Hall–Kier alpha value is -1.72. The SMILES string of the molecule is NC(=S)c1ccc(Nc2ccc(Cl)cc2F)c(F)c1. The number of hydrogen-bond acceptors (Lipinski definition) is 2. The van der Waals surface area contributed by atoms with Crippen LogP contribution in [0.2, 0.25) is 5.02 Å². The van der Waals surface area contributed by atoms with Crippen molar-refractivity contribution < 1.29 is 8.78 Å². The van der Waals surface area contributed by atoms with Crippen molar-refractivity contribution in [1.82, 2.24) is 0 Å². The Morgan fingerprint density at radius 2 is 1.63 bits per heavy atom. The van der Waals surface area contributed by atoms with Crippen molar-refractivity contribution in [2.75, 3.05) is 5.32 Å². The molecule has 0 heterocycles. The molecule has 0 spiro atoms. The number of nitrogens with one attached hydrogen (secondary N) is 1. The molecule has 98 valence electrons. The molecule has 0 radical (unpaired) electrons. The minimum atomic E-state index is -0.570. The van der Waals surface area contributed by atoms with Crippen molar-refractivity contribution >= 4 is 40.2 Å². The van der Waals surface area contributed by atoms with Gasteiger partial charge < -0.3 is 11.1 Å². The minimum Gasteiger partial charge on any atom is -0.389 e. The monoisotopic (exact) mass is 298 g/mol. The van der Waals surface area contributed by atoms with Gasteiger partial charge in [0.1, 0.15) is 16.6 Å². The molecule has 0 aliphatic rings. The highest BCUT2D eigenvalue weighted by molar-refractivity contribution is 7.80. The Morgan fingerprint density at radius 1 is 1.05 bits per heavy atom. The molecular weight excluding hydrogens is 290 g/mol. The zero-order valence-electron chi connectivity index (χ0n) is 9.58. The Kier molecular flexibility index (Phi) is 3.97. The van der Waals surface area contributed by atoms with E-state index in [1.807, 2.05) is 0 Å². The van der Waals surface area contributed by atoms with E-state index in [1.165, 1.54) is 24.3 Å². The maximum atomic E-state index is 13.8. The van der Waals surface area contributed by atoms with Crippen molar-refractivity contribution in [3.8, 4) is 0 Å². The first kappa shape index (κ1) is 13.7. The third kappa shape index (κ3) is 3.19. The summed E-state index contributed by atoms with van der Waals surface area (Å²) in [5.74, 6) is -1.13. The molecule has 0 saturated heterocycles. The lowest BCUT2D eigenvalue weighted by molar-refractivity contribution is 0.625. The quantitative estimate of drug-likeness (QED) is 0.841. The maximum absolute atomic E-state index is 13.8. The summed E-state index contributed by atoms with van der Waals surface area (Å²) >= 11 is 10.4. The van der Waals surface area contributed by atoms with Crippen LogP contribution in [0.4, 0.5) is 20.2 Å². The number of rotatable bonds is 3. The van der Waals surface area contributed by atoms with Gasteiger partial charge in [-0.15, -0.1) is 0 Å². The summed E-state index contributed by atoms with van der Waals surface area (Å²) < 4.78 is 27.3. The van der Waals surface area contributed by atoms with Gasteiger partial charge in [0.2, 0.25) is 0 Å². The Balaban J connectivity index is 2.31. The average molecular weight is 299 g/mol. The van der Waals surface area contributed by atoms with Crippen molar-refractivity contribution in [2.45, 2.75) is 0 Å². The summed E-state index contributed by atoms with van der Waals surface area (Å²) in [5, 5.41) is 2.91. The second-order valence-electron chi connectivity index (χ2n) is 3.81. The molecule has 19 heavy (non-hydrogen) atoms. The molecule has 0 aliphatic carbocycles. The van der Waals surface area contributed by atoms with E-state index >= 15 is 0 Å². The predicted molar refractivity (Wildman–Crippen MR) is 77.0 cm³/mol. The van der Waals surface area contributed by atoms with Crippen LogP contribution in [-0.4, -0.2) is 4.99 Å². The summed E-state index contributed by atoms with van der Waals surface area (Å²) in [6.45, 7) is 0. The normalized spacial score (nSPS) is 10.3. The first-order chi connectivity index (χ1) is 8.97. The first-order valence-corrected chi connectivity index (χ1v) is 6.07. The summed E-state index contributed by atoms with van der Waals surface area (Å²) in [6, 6.07) is 8.27. The van der Waals surface area contributed by atoms with Crippen LogP contribution in [0.1, 0.15) is 5.56 Å². The number of thiocarbonyl (C=S) groups is 1. The third-order valence-electron chi connectivity index (χ3n) is 2.45. The molecule has 0 aliphatic heterocycles. The fraction of sp³-hybridized carbons (Fsp3) is 0. The summed E-state index contributed by atoms with van der Waals surface area (Å²) in [7, 11) is 0. The summed E-state index contributed by atoms with van der Waals surface area (Å²) in [5.41, 5.74) is 6.06. The van der Waals surface area contributed by atoms with Gasteiger partial charge in [0.15, 0.2) is 0 Å². The molecule has 0 aromatic heterocycles. The van der Waals surface area contributed by atoms with Crippen LogP contribution in [0.15, 0.2) is 36.4 Å². The molecule has 2 nitrogen and oxygen atoms in total. The highest BCUT2D eigenvalue weighted by atomic mass is 35.5. The minimum absolute atomic E-state index is 0.100. The van der Waals surface area contributed by atoms with Gasteiger partial charge in [-0.2, -0.15) is 0 Å². The Bertz CT molecular complexity index is 647. The number of hydrogen-bond donors (Lipinski definition) is 2. The maximum Gasteiger partial charge on any atom is 0.148 e. The molecule has 2 aromatic carbocycles. The molecular formula is C13H9ClF2N2S. The van der Waals surface area contributed by atoms with Crippen LogP contribution in [0.3, 0.4) is 0 Å².